The van der Waals surface area contributed by atoms with Crippen molar-refractivity contribution >= 4 is 22.8 Å². The summed E-state index contributed by atoms with van der Waals surface area (Å²) in [5, 5.41) is 14.3. The lowest BCUT2D eigenvalue weighted by Gasteiger charge is -2.32. The number of hydrogen-bond acceptors (Lipinski definition) is 3. The van der Waals surface area contributed by atoms with Gasteiger partial charge >= 0.3 is 5.97 Å². The van der Waals surface area contributed by atoms with E-state index in [4.69, 9.17) is 5.11 Å². The molecule has 0 spiro atoms. The van der Waals surface area contributed by atoms with Crippen LogP contribution in [0.2, 0.25) is 0 Å². The van der Waals surface area contributed by atoms with Gasteiger partial charge in [0.25, 0.3) is 5.91 Å². The van der Waals surface area contributed by atoms with E-state index in [2.05, 4.69) is 5.10 Å². The molecule has 1 aromatic carbocycles. The molecule has 7 nitrogen and oxygen atoms in total. The summed E-state index contributed by atoms with van der Waals surface area (Å²) in [6, 6.07) is 11.8. The second kappa shape index (κ2) is 6.90. The molecule has 2 aromatic heterocycles. The van der Waals surface area contributed by atoms with E-state index < -0.39 is 5.97 Å². The maximum atomic E-state index is 13.1. The lowest BCUT2D eigenvalue weighted by Crippen LogP contribution is -2.40. The highest BCUT2D eigenvalue weighted by Gasteiger charge is 2.28. The molecule has 3 heterocycles. The van der Waals surface area contributed by atoms with Crippen LogP contribution in [0.15, 0.2) is 42.6 Å². The molecule has 4 rings (SSSR count). The first kappa shape index (κ1) is 17.3. The molecular weight excluding hydrogens is 344 g/mol. The third-order valence-corrected chi connectivity index (χ3v) is 5.26. The molecule has 0 aliphatic carbocycles. The molecule has 1 aliphatic heterocycles. The van der Waals surface area contributed by atoms with Crippen molar-refractivity contribution in [2.24, 2.45) is 7.05 Å². The Labute approximate surface area is 156 Å². The third-order valence-electron chi connectivity index (χ3n) is 5.26. The molecule has 27 heavy (non-hydrogen) atoms. The molecule has 1 atom stereocenters. The Hall–Kier alpha value is -3.09. The number of likely N-dealkylation sites (tertiary alicyclic amines) is 1. The van der Waals surface area contributed by atoms with E-state index in [1.54, 1.807) is 6.20 Å². The fourth-order valence-electron chi connectivity index (χ4n) is 3.88. The summed E-state index contributed by atoms with van der Waals surface area (Å²) in [5.74, 6) is -0.753. The number of piperidine rings is 1. The van der Waals surface area contributed by atoms with Crippen LogP contribution in [0.5, 0.6) is 0 Å². The van der Waals surface area contributed by atoms with Crippen LogP contribution in [-0.4, -0.2) is 49.3 Å². The zero-order chi connectivity index (χ0) is 19.0. The van der Waals surface area contributed by atoms with Crippen LogP contribution in [-0.2, 0) is 18.4 Å². The molecule has 0 bridgehead atoms. The molecule has 0 saturated carbocycles. The number of carboxylic acid groups (broad SMARTS) is 1. The van der Waals surface area contributed by atoms with E-state index in [1.165, 1.54) is 4.68 Å². The monoisotopic (exact) mass is 366 g/mol. The predicted molar refractivity (Wildman–Crippen MR) is 101 cm³/mol. The van der Waals surface area contributed by atoms with E-state index in [0.29, 0.717) is 12.2 Å². The number of hydrogen-bond donors (Lipinski definition) is 1. The van der Waals surface area contributed by atoms with Gasteiger partial charge in [-0.2, -0.15) is 5.10 Å². The van der Waals surface area contributed by atoms with Gasteiger partial charge in [-0.15, -0.1) is 0 Å². The standard InChI is InChI=1S/C20H22N4O3/c1-22-17-7-3-2-5-14(17)11-18(22)20(27)23-9-4-6-15(12-23)16-8-10-24(21-16)13-19(25)26/h2-3,5,7-8,10-11,15H,4,6,9,12-13H2,1H3,(H,25,26)/t15-/m1/s1. The van der Waals surface area contributed by atoms with Crippen LogP contribution >= 0.6 is 0 Å². The van der Waals surface area contributed by atoms with Gasteiger partial charge in [0.2, 0.25) is 0 Å². The van der Waals surface area contributed by atoms with Gasteiger partial charge in [-0.25, -0.2) is 0 Å². The third kappa shape index (κ3) is 3.32. The molecule has 7 heteroatoms. The number of amides is 1. The number of aliphatic carboxylic acids is 1. The zero-order valence-corrected chi connectivity index (χ0v) is 15.2. The molecule has 1 fully saturated rings. The summed E-state index contributed by atoms with van der Waals surface area (Å²) < 4.78 is 3.38. The van der Waals surface area contributed by atoms with Gasteiger partial charge < -0.3 is 14.6 Å². The number of carboxylic acids is 1. The number of benzene rings is 1. The topological polar surface area (TPSA) is 80.4 Å². The van der Waals surface area contributed by atoms with Gasteiger partial charge in [-0.3, -0.25) is 14.3 Å². The first-order chi connectivity index (χ1) is 13.0. The van der Waals surface area contributed by atoms with Crippen LogP contribution in [0.4, 0.5) is 0 Å². The van der Waals surface area contributed by atoms with Crippen LogP contribution in [0.1, 0.15) is 34.9 Å². The lowest BCUT2D eigenvalue weighted by atomic mass is 9.95. The summed E-state index contributed by atoms with van der Waals surface area (Å²) in [5.41, 5.74) is 2.58. The molecule has 140 valence electrons. The van der Waals surface area contributed by atoms with Crippen molar-refractivity contribution in [3.8, 4) is 0 Å². The number of carbonyl (C=O) groups excluding carboxylic acids is 1. The highest BCUT2D eigenvalue weighted by molar-refractivity contribution is 5.98. The normalized spacial score (nSPS) is 17.4. The Balaban J connectivity index is 1.53. The SMILES string of the molecule is Cn1c(C(=O)N2CCC[C@@H](c3ccn(CC(=O)O)n3)C2)cc2ccccc21. The van der Waals surface area contributed by atoms with E-state index in [0.717, 1.165) is 36.0 Å². The number of carbonyl (C=O) groups is 2. The van der Waals surface area contributed by atoms with Crippen molar-refractivity contribution in [1.29, 1.82) is 0 Å². The molecule has 3 aromatic rings. The molecule has 1 saturated heterocycles. The van der Waals surface area contributed by atoms with Crippen LogP contribution < -0.4 is 0 Å². The fraction of sp³-hybridized carbons (Fsp3) is 0.350. The maximum Gasteiger partial charge on any atom is 0.325 e. The quantitative estimate of drug-likeness (QED) is 0.769. The van der Waals surface area contributed by atoms with E-state index in [9.17, 15) is 9.59 Å². The van der Waals surface area contributed by atoms with Crippen LogP contribution in [0.25, 0.3) is 10.9 Å². The van der Waals surface area contributed by atoms with Crippen molar-refractivity contribution in [2.75, 3.05) is 13.1 Å². The summed E-state index contributed by atoms with van der Waals surface area (Å²) in [4.78, 5) is 25.8. The molecule has 0 unspecified atom stereocenters. The highest BCUT2D eigenvalue weighted by atomic mass is 16.4. The zero-order valence-electron chi connectivity index (χ0n) is 15.2. The van der Waals surface area contributed by atoms with Gasteiger partial charge in [0.05, 0.1) is 5.69 Å². The maximum absolute atomic E-state index is 13.1. The second-order valence-electron chi connectivity index (χ2n) is 7.07. The lowest BCUT2D eigenvalue weighted by molar-refractivity contribution is -0.137. The molecule has 1 aliphatic rings. The number of para-hydroxylation sites is 1. The Kier molecular flexibility index (Phi) is 4.43. The summed E-state index contributed by atoms with van der Waals surface area (Å²) in [7, 11) is 1.92. The van der Waals surface area contributed by atoms with Crippen molar-refractivity contribution in [3.05, 3.63) is 54.0 Å². The van der Waals surface area contributed by atoms with Crippen molar-refractivity contribution in [1.82, 2.24) is 19.2 Å². The predicted octanol–water partition coefficient (Wildman–Crippen LogP) is 2.48. The van der Waals surface area contributed by atoms with Gasteiger partial charge in [0, 0.05) is 43.2 Å². The summed E-state index contributed by atoms with van der Waals surface area (Å²) >= 11 is 0. The molecule has 0 radical (unpaired) electrons. The Bertz CT molecular complexity index is 1000. The number of aromatic nitrogens is 3. The molecule has 1 N–H and O–H groups in total. The average Bonchev–Trinajstić information content (AvgIpc) is 3.26. The number of nitrogens with zero attached hydrogens (tertiary/aromatic N) is 4. The van der Waals surface area contributed by atoms with Gasteiger partial charge in [0.1, 0.15) is 12.2 Å². The fourth-order valence-corrected chi connectivity index (χ4v) is 3.88. The van der Waals surface area contributed by atoms with Crippen LogP contribution in [0.3, 0.4) is 0 Å². The minimum absolute atomic E-state index is 0.0309. The van der Waals surface area contributed by atoms with Crippen molar-refractivity contribution < 1.29 is 14.7 Å². The second-order valence-corrected chi connectivity index (χ2v) is 7.07. The summed E-state index contributed by atoms with van der Waals surface area (Å²) in [6.45, 7) is 1.18. The van der Waals surface area contributed by atoms with Gasteiger partial charge in [-0.1, -0.05) is 18.2 Å². The molecular formula is C20H22N4O3. The van der Waals surface area contributed by atoms with Gasteiger partial charge in [-0.05, 0) is 31.0 Å². The van der Waals surface area contributed by atoms with E-state index in [1.807, 2.05) is 52.9 Å². The van der Waals surface area contributed by atoms with E-state index in [-0.39, 0.29) is 18.4 Å². The molecule has 1 amide bonds. The Morgan fingerprint density at radius 2 is 2.07 bits per heavy atom. The average molecular weight is 366 g/mol. The smallest absolute Gasteiger partial charge is 0.325 e. The largest absolute Gasteiger partial charge is 0.480 e. The van der Waals surface area contributed by atoms with Crippen molar-refractivity contribution in [3.63, 3.8) is 0 Å². The highest BCUT2D eigenvalue weighted by Crippen LogP contribution is 2.28. The Morgan fingerprint density at radius 3 is 2.85 bits per heavy atom. The number of rotatable bonds is 4. The minimum Gasteiger partial charge on any atom is -0.480 e. The minimum atomic E-state index is -0.916. The van der Waals surface area contributed by atoms with E-state index >= 15 is 0 Å². The number of aryl methyl sites for hydroxylation is 1. The van der Waals surface area contributed by atoms with Crippen LogP contribution in [0, 0.1) is 0 Å². The first-order valence-corrected chi connectivity index (χ1v) is 9.12. The first-order valence-electron chi connectivity index (χ1n) is 9.12. The number of fused-ring (bicyclic) bond motifs is 1. The summed E-state index contributed by atoms with van der Waals surface area (Å²) in [6.07, 6.45) is 3.54. The Morgan fingerprint density at radius 1 is 1.26 bits per heavy atom. The van der Waals surface area contributed by atoms with Crippen molar-refractivity contribution in [2.45, 2.75) is 25.3 Å². The van der Waals surface area contributed by atoms with Gasteiger partial charge in [0.15, 0.2) is 0 Å².